The third-order valence-corrected chi connectivity index (χ3v) is 3.03. The Morgan fingerprint density at radius 3 is 2.71 bits per heavy atom. The van der Waals surface area contributed by atoms with E-state index in [-0.39, 0.29) is 18.3 Å². The summed E-state index contributed by atoms with van der Waals surface area (Å²) in [6, 6.07) is 0.146. The van der Waals surface area contributed by atoms with Gasteiger partial charge in [-0.25, -0.2) is 0 Å². The fraction of sp³-hybridized carbons (Fsp3) is 0.900. The third-order valence-electron chi connectivity index (χ3n) is 3.03. The highest BCUT2D eigenvalue weighted by Gasteiger charge is 2.39. The van der Waals surface area contributed by atoms with Crippen LogP contribution in [0.25, 0.3) is 0 Å². The first kappa shape index (κ1) is 9.93. The topological polar surface area (TPSA) is 38.8 Å². The molecule has 0 radical (unpaired) electrons. The smallest absolute Gasteiger partial charge is 0.309 e. The number of rotatable bonds is 2. The summed E-state index contributed by atoms with van der Waals surface area (Å²) >= 11 is 0. The van der Waals surface area contributed by atoms with E-state index in [0.29, 0.717) is 6.42 Å². The number of carbonyl (C=O) groups excluding carboxylic acids is 1. The lowest BCUT2D eigenvalue weighted by atomic mass is 10.1. The number of esters is 1. The van der Waals surface area contributed by atoms with E-state index >= 15 is 0 Å². The van der Waals surface area contributed by atoms with Gasteiger partial charge < -0.3 is 9.47 Å². The average Bonchev–Trinajstić information content (AvgIpc) is 2.61. The van der Waals surface area contributed by atoms with Crippen LogP contribution in [-0.2, 0) is 14.3 Å². The second kappa shape index (κ2) is 4.28. The van der Waals surface area contributed by atoms with Crippen molar-refractivity contribution in [2.24, 2.45) is 0 Å². The van der Waals surface area contributed by atoms with E-state index in [4.69, 9.17) is 9.47 Å². The number of hydrogen-bond acceptors (Lipinski definition) is 4. The van der Waals surface area contributed by atoms with Crippen LogP contribution in [0.5, 0.6) is 0 Å². The van der Waals surface area contributed by atoms with Gasteiger partial charge >= 0.3 is 5.97 Å². The highest BCUT2D eigenvalue weighted by Crippen LogP contribution is 2.24. The number of ether oxygens (including phenoxy) is 2. The maximum Gasteiger partial charge on any atom is 0.309 e. The Balaban J connectivity index is 1.97. The number of piperidine rings is 1. The van der Waals surface area contributed by atoms with Crippen LogP contribution in [0.2, 0.25) is 0 Å². The number of cyclic esters (lactones) is 1. The van der Waals surface area contributed by atoms with Gasteiger partial charge in [-0.2, -0.15) is 0 Å². The van der Waals surface area contributed by atoms with Crippen molar-refractivity contribution in [3.63, 3.8) is 0 Å². The number of likely N-dealkylation sites (tertiary alicyclic amines) is 1. The molecule has 2 aliphatic rings. The molecule has 4 nitrogen and oxygen atoms in total. The van der Waals surface area contributed by atoms with Crippen LogP contribution in [0.1, 0.15) is 25.7 Å². The minimum Gasteiger partial charge on any atom is -0.434 e. The Morgan fingerprint density at radius 1 is 1.36 bits per heavy atom. The zero-order valence-electron chi connectivity index (χ0n) is 8.57. The number of hydrogen-bond donors (Lipinski definition) is 0. The molecule has 0 unspecified atom stereocenters. The molecule has 2 atom stereocenters. The van der Waals surface area contributed by atoms with Gasteiger partial charge in [0.2, 0.25) is 6.29 Å². The zero-order valence-corrected chi connectivity index (χ0v) is 8.57. The molecular weight excluding hydrogens is 182 g/mol. The largest absolute Gasteiger partial charge is 0.434 e. The first-order chi connectivity index (χ1) is 6.81. The maximum atomic E-state index is 11.1. The summed E-state index contributed by atoms with van der Waals surface area (Å²) in [6.07, 6.45) is 3.89. The zero-order chi connectivity index (χ0) is 9.97. The van der Waals surface area contributed by atoms with Crippen LogP contribution in [0.3, 0.4) is 0 Å². The number of carbonyl (C=O) groups is 1. The summed E-state index contributed by atoms with van der Waals surface area (Å²) in [5.74, 6) is -0.132. The lowest BCUT2D eigenvalue weighted by molar-refractivity contribution is -0.163. The average molecular weight is 199 g/mol. The fourth-order valence-electron chi connectivity index (χ4n) is 2.28. The Morgan fingerprint density at radius 2 is 2.07 bits per heavy atom. The second-order valence-corrected chi connectivity index (χ2v) is 3.96. The van der Waals surface area contributed by atoms with Crippen LogP contribution in [-0.4, -0.2) is 43.4 Å². The Hall–Kier alpha value is -0.610. The third kappa shape index (κ3) is 1.91. The van der Waals surface area contributed by atoms with Crippen LogP contribution in [0.4, 0.5) is 0 Å². The molecule has 14 heavy (non-hydrogen) atoms. The highest BCUT2D eigenvalue weighted by atomic mass is 16.7. The summed E-state index contributed by atoms with van der Waals surface area (Å²) in [6.45, 7) is 2.14. The molecule has 0 saturated carbocycles. The molecule has 2 saturated heterocycles. The molecule has 2 fully saturated rings. The van der Waals surface area contributed by atoms with Gasteiger partial charge in [-0.15, -0.1) is 0 Å². The number of methoxy groups -OCH3 is 1. The lowest BCUT2D eigenvalue weighted by Crippen LogP contribution is -2.44. The normalized spacial score (nSPS) is 34.5. The second-order valence-electron chi connectivity index (χ2n) is 3.96. The molecule has 2 rings (SSSR count). The van der Waals surface area contributed by atoms with Crippen LogP contribution in [0.15, 0.2) is 0 Å². The quantitative estimate of drug-likeness (QED) is 0.615. The van der Waals surface area contributed by atoms with Gasteiger partial charge in [0.15, 0.2) is 0 Å². The van der Waals surface area contributed by atoms with Gasteiger partial charge in [0.1, 0.15) is 0 Å². The molecule has 0 N–H and O–H groups in total. The van der Waals surface area contributed by atoms with E-state index in [1.54, 1.807) is 7.11 Å². The van der Waals surface area contributed by atoms with Crippen molar-refractivity contribution in [2.45, 2.75) is 38.0 Å². The van der Waals surface area contributed by atoms with Crippen molar-refractivity contribution in [2.75, 3.05) is 20.2 Å². The first-order valence-corrected chi connectivity index (χ1v) is 5.27. The van der Waals surface area contributed by atoms with Gasteiger partial charge in [-0.3, -0.25) is 9.69 Å². The SMILES string of the molecule is CO[C@@H]1OC(=O)C[C@H]1N1CCCCC1. The molecular formula is C10H17NO3. The minimum atomic E-state index is -0.347. The molecule has 0 aromatic rings. The molecule has 0 bridgehead atoms. The predicted molar refractivity (Wildman–Crippen MR) is 50.7 cm³/mol. The Bertz CT molecular complexity index is 213. The molecule has 0 aromatic heterocycles. The van der Waals surface area contributed by atoms with Gasteiger partial charge in [-0.05, 0) is 25.9 Å². The van der Waals surface area contributed by atoms with E-state index in [1.165, 1.54) is 19.3 Å². The summed E-state index contributed by atoms with van der Waals surface area (Å²) < 4.78 is 10.2. The van der Waals surface area contributed by atoms with Crippen molar-refractivity contribution in [3.05, 3.63) is 0 Å². The predicted octanol–water partition coefficient (Wildman–Crippen LogP) is 0.760. The van der Waals surface area contributed by atoms with Gasteiger partial charge in [0.25, 0.3) is 0 Å². The highest BCUT2D eigenvalue weighted by molar-refractivity contribution is 5.72. The molecule has 2 aliphatic heterocycles. The summed E-state index contributed by atoms with van der Waals surface area (Å²) in [4.78, 5) is 13.5. The Labute approximate surface area is 84.2 Å². The van der Waals surface area contributed by atoms with Crippen LogP contribution >= 0.6 is 0 Å². The van der Waals surface area contributed by atoms with Gasteiger partial charge in [0, 0.05) is 7.11 Å². The minimum absolute atomic E-state index is 0.132. The molecule has 0 aliphatic carbocycles. The van der Waals surface area contributed by atoms with Gasteiger partial charge in [-0.1, -0.05) is 6.42 Å². The van der Waals surface area contributed by atoms with Crippen LogP contribution < -0.4 is 0 Å². The number of nitrogens with zero attached hydrogens (tertiary/aromatic N) is 1. The van der Waals surface area contributed by atoms with E-state index in [2.05, 4.69) is 4.90 Å². The van der Waals surface area contributed by atoms with E-state index in [0.717, 1.165) is 13.1 Å². The summed E-state index contributed by atoms with van der Waals surface area (Å²) in [5.41, 5.74) is 0. The summed E-state index contributed by atoms with van der Waals surface area (Å²) in [7, 11) is 1.60. The molecule has 0 spiro atoms. The summed E-state index contributed by atoms with van der Waals surface area (Å²) in [5, 5.41) is 0. The van der Waals surface area contributed by atoms with E-state index < -0.39 is 0 Å². The van der Waals surface area contributed by atoms with Crippen molar-refractivity contribution < 1.29 is 14.3 Å². The molecule has 0 aromatic carbocycles. The maximum absolute atomic E-state index is 11.1. The fourth-order valence-corrected chi connectivity index (χ4v) is 2.28. The molecule has 4 heteroatoms. The molecule has 2 heterocycles. The lowest BCUT2D eigenvalue weighted by Gasteiger charge is -2.32. The van der Waals surface area contributed by atoms with E-state index in [9.17, 15) is 4.79 Å². The van der Waals surface area contributed by atoms with Crippen molar-refractivity contribution in [1.82, 2.24) is 4.90 Å². The molecule has 0 amide bonds. The standard InChI is InChI=1S/C10H17NO3/c1-13-10-8(7-9(12)14-10)11-5-3-2-4-6-11/h8,10H,2-7H2,1H3/t8-,10-/m1/s1. The molecule has 80 valence electrons. The van der Waals surface area contributed by atoms with Crippen molar-refractivity contribution >= 4 is 5.97 Å². The monoisotopic (exact) mass is 199 g/mol. The Kier molecular flexibility index (Phi) is 3.03. The van der Waals surface area contributed by atoms with Crippen molar-refractivity contribution in [1.29, 1.82) is 0 Å². The van der Waals surface area contributed by atoms with Crippen LogP contribution in [0, 0.1) is 0 Å². The van der Waals surface area contributed by atoms with Crippen molar-refractivity contribution in [3.8, 4) is 0 Å². The first-order valence-electron chi connectivity index (χ1n) is 5.27. The van der Waals surface area contributed by atoms with E-state index in [1.807, 2.05) is 0 Å². The van der Waals surface area contributed by atoms with Gasteiger partial charge in [0.05, 0.1) is 12.5 Å².